The fraction of sp³-hybridized carbons (Fsp3) is 0.138. The molecule has 1 atom stereocenters. The van der Waals surface area contributed by atoms with Crippen molar-refractivity contribution in [3.63, 3.8) is 0 Å². The third-order valence-electron chi connectivity index (χ3n) is 13.7. The van der Waals surface area contributed by atoms with E-state index in [-0.39, 0.29) is 0 Å². The number of fused-ring (bicyclic) bond motifs is 6. The minimum absolute atomic E-state index is 0.468. The molecular weight excluding hydrogens is 809 g/mol. The van der Waals surface area contributed by atoms with Crippen molar-refractivity contribution in [2.75, 3.05) is 0 Å². The van der Waals surface area contributed by atoms with Gasteiger partial charge in [-0.05, 0) is 145 Å². The highest BCUT2D eigenvalue weighted by Crippen LogP contribution is 2.41. The topological polar surface area (TPSA) is 9.86 Å². The molecule has 2 nitrogen and oxygen atoms in total. The maximum atomic E-state index is 4.67. The molecule has 2 heterocycles. The van der Waals surface area contributed by atoms with Crippen molar-refractivity contribution in [2.24, 2.45) is 0 Å². The van der Waals surface area contributed by atoms with Crippen LogP contribution in [0.1, 0.15) is 88.5 Å². The van der Waals surface area contributed by atoms with Crippen molar-refractivity contribution in [1.29, 1.82) is 0 Å². The zero-order valence-corrected chi connectivity index (χ0v) is 39.4. The third-order valence-corrected chi connectivity index (χ3v) is 13.7. The summed E-state index contributed by atoms with van der Waals surface area (Å²) in [4.78, 5) is 0. The van der Waals surface area contributed by atoms with Gasteiger partial charge >= 0.3 is 0 Å². The minimum Gasteiger partial charge on any atom is -0.316 e. The van der Waals surface area contributed by atoms with E-state index < -0.39 is 0 Å². The van der Waals surface area contributed by atoms with Crippen LogP contribution in [0.4, 0.5) is 0 Å². The van der Waals surface area contributed by atoms with Gasteiger partial charge < -0.3 is 9.13 Å². The van der Waals surface area contributed by atoms with Gasteiger partial charge in [-0.2, -0.15) is 0 Å². The van der Waals surface area contributed by atoms with E-state index in [4.69, 9.17) is 0 Å². The third kappa shape index (κ3) is 8.52. The number of benzene rings is 7. The summed E-state index contributed by atoms with van der Waals surface area (Å²) >= 11 is 0. The molecule has 2 aliphatic rings. The molecule has 11 rings (SSSR count). The summed E-state index contributed by atoms with van der Waals surface area (Å²) in [5.41, 5.74) is 23.9. The van der Waals surface area contributed by atoms with Crippen molar-refractivity contribution in [3.8, 4) is 22.5 Å². The Morgan fingerprint density at radius 1 is 0.552 bits per heavy atom. The van der Waals surface area contributed by atoms with Gasteiger partial charge in [0.25, 0.3) is 0 Å². The predicted molar refractivity (Wildman–Crippen MR) is 289 cm³/mol. The normalized spacial score (nSPS) is 14.4. The number of nitrogens with zero attached hydrogens (tertiary/aromatic N) is 2. The van der Waals surface area contributed by atoms with Gasteiger partial charge in [-0.25, -0.2) is 0 Å². The first-order chi connectivity index (χ1) is 32.7. The van der Waals surface area contributed by atoms with Gasteiger partial charge in [-0.3, -0.25) is 0 Å². The van der Waals surface area contributed by atoms with Crippen molar-refractivity contribution in [2.45, 2.75) is 59.8 Å². The highest BCUT2D eigenvalue weighted by atomic mass is 15.0. The lowest BCUT2D eigenvalue weighted by atomic mass is 9.91. The predicted octanol–water partition coefficient (Wildman–Crippen LogP) is 17.5. The van der Waals surface area contributed by atoms with E-state index in [1.54, 1.807) is 0 Å². The Morgan fingerprint density at radius 2 is 1.12 bits per heavy atom. The lowest BCUT2D eigenvalue weighted by molar-refractivity contribution is 0.704. The maximum absolute atomic E-state index is 4.67. The standard InChI is InChI=1S/C51H44N2.C14H14/c1-34-15-11-19-40(29-34)41(30-36(3)38-17-13-20-42(32-38)52-48-26-8-5-22-44(48)45-23-6-9-27-49(45)52)31-37(4)39-18-14-21-43(33-39)53-50-28-10-7-24-46(50)47-25-12-16-35(2)51(47)53;1-11-7-3-5-9-13(11)14-10-6-4-8-12(14)2/h5-9,11-15,17-27,29-33,35H,4,10,16,28H2,1-3H3;3-10H,1-2H3/b36-30+,41-31+;. The van der Waals surface area contributed by atoms with E-state index in [0.717, 1.165) is 41.7 Å². The second kappa shape index (κ2) is 18.7. The monoisotopic (exact) mass is 866 g/mol. The van der Waals surface area contributed by atoms with Crippen molar-refractivity contribution >= 4 is 50.7 Å². The lowest BCUT2D eigenvalue weighted by Crippen LogP contribution is -2.10. The molecule has 0 saturated heterocycles. The first-order valence-electron chi connectivity index (χ1n) is 23.8. The summed E-state index contributed by atoms with van der Waals surface area (Å²) in [5, 5.41) is 2.54. The van der Waals surface area contributed by atoms with Crippen LogP contribution in [0, 0.1) is 20.8 Å². The molecule has 2 aliphatic carbocycles. The Bertz CT molecular complexity index is 3370. The molecule has 7 aromatic carbocycles. The summed E-state index contributed by atoms with van der Waals surface area (Å²) in [5.74, 6) is 0.468. The highest BCUT2D eigenvalue weighted by Gasteiger charge is 2.27. The molecule has 2 heteroatoms. The average molecular weight is 867 g/mol. The molecule has 328 valence electrons. The van der Waals surface area contributed by atoms with Crippen LogP contribution < -0.4 is 0 Å². The summed E-state index contributed by atoms with van der Waals surface area (Å²) in [7, 11) is 0. The molecule has 0 saturated carbocycles. The first kappa shape index (κ1) is 43.2. The fourth-order valence-corrected chi connectivity index (χ4v) is 10.3. The zero-order valence-electron chi connectivity index (χ0n) is 39.4. The Labute approximate surface area is 396 Å². The van der Waals surface area contributed by atoms with Crippen molar-refractivity contribution in [3.05, 3.63) is 257 Å². The maximum Gasteiger partial charge on any atom is 0.0541 e. The molecule has 0 radical (unpaired) electrons. The first-order valence-corrected chi connectivity index (χ1v) is 23.8. The number of aryl methyl sites for hydroxylation is 3. The Kier molecular flexibility index (Phi) is 12.0. The van der Waals surface area contributed by atoms with Crippen LogP contribution >= 0.6 is 0 Å². The molecule has 9 aromatic rings. The minimum atomic E-state index is 0.468. The van der Waals surface area contributed by atoms with E-state index in [9.17, 15) is 0 Å². The number of rotatable bonds is 8. The summed E-state index contributed by atoms with van der Waals surface area (Å²) in [6.07, 6.45) is 17.1. The van der Waals surface area contributed by atoms with E-state index in [1.807, 2.05) is 0 Å². The zero-order chi connectivity index (χ0) is 46.0. The van der Waals surface area contributed by atoms with Crippen LogP contribution in [-0.4, -0.2) is 9.13 Å². The number of para-hydroxylation sites is 2. The molecular formula is C65H58N2. The second-order valence-corrected chi connectivity index (χ2v) is 18.4. The van der Waals surface area contributed by atoms with Gasteiger partial charge in [0.15, 0.2) is 0 Å². The summed E-state index contributed by atoms with van der Waals surface area (Å²) in [6, 6.07) is 61.1. The number of allylic oxidation sites excluding steroid dienone is 7. The average Bonchev–Trinajstić information content (AvgIpc) is 3.88. The van der Waals surface area contributed by atoms with Crippen LogP contribution in [0.15, 0.2) is 201 Å². The Balaban J connectivity index is 0.000000321. The smallest absolute Gasteiger partial charge is 0.0541 e. The Morgan fingerprint density at radius 3 is 1.79 bits per heavy atom. The molecule has 2 aromatic heterocycles. The number of hydrogen-bond acceptors (Lipinski definition) is 0. The van der Waals surface area contributed by atoms with Crippen LogP contribution in [0.3, 0.4) is 0 Å². The number of aromatic nitrogens is 2. The Hall–Kier alpha value is -7.68. The largest absolute Gasteiger partial charge is 0.316 e. The molecule has 0 bridgehead atoms. The van der Waals surface area contributed by atoms with Gasteiger partial charge in [-0.15, -0.1) is 0 Å². The SMILES string of the molecule is C=C(/C=C(\C=C(/C)c1cccc(-n2c3ccccc3c3ccccc32)c1)c1cccc(C)c1)c1cccc(-n2c3c(c4c2C(C)CC=C4)C=CCC3)c1.Cc1ccccc1-c1ccccc1C. The molecule has 0 aliphatic heterocycles. The van der Waals surface area contributed by atoms with Gasteiger partial charge in [0.2, 0.25) is 0 Å². The molecule has 0 fully saturated rings. The van der Waals surface area contributed by atoms with Crippen LogP contribution in [0.25, 0.3) is 73.2 Å². The van der Waals surface area contributed by atoms with E-state index >= 15 is 0 Å². The lowest BCUT2D eigenvalue weighted by Gasteiger charge is -2.21. The summed E-state index contributed by atoms with van der Waals surface area (Å²) < 4.78 is 4.94. The van der Waals surface area contributed by atoms with E-state index in [1.165, 1.54) is 94.5 Å². The van der Waals surface area contributed by atoms with Gasteiger partial charge in [0, 0.05) is 50.6 Å². The highest BCUT2D eigenvalue weighted by molar-refractivity contribution is 6.09. The van der Waals surface area contributed by atoms with Gasteiger partial charge in [-0.1, -0.05) is 183 Å². The molecule has 0 spiro atoms. The van der Waals surface area contributed by atoms with Crippen molar-refractivity contribution in [1.82, 2.24) is 9.13 Å². The van der Waals surface area contributed by atoms with Gasteiger partial charge in [0.05, 0.1) is 11.0 Å². The van der Waals surface area contributed by atoms with Crippen molar-refractivity contribution < 1.29 is 0 Å². The molecule has 1 unspecified atom stereocenters. The van der Waals surface area contributed by atoms with Crippen LogP contribution in [0.5, 0.6) is 0 Å². The molecule has 0 amide bonds. The van der Waals surface area contributed by atoms with E-state index in [0.29, 0.717) is 5.92 Å². The molecule has 0 N–H and O–H groups in total. The van der Waals surface area contributed by atoms with E-state index in [2.05, 4.69) is 257 Å². The molecule has 67 heavy (non-hydrogen) atoms. The second-order valence-electron chi connectivity index (χ2n) is 18.4. The van der Waals surface area contributed by atoms with Crippen LogP contribution in [0.2, 0.25) is 0 Å². The number of hydrogen-bond donors (Lipinski definition) is 0. The summed E-state index contributed by atoms with van der Waals surface area (Å²) in [6.45, 7) is 15.7. The van der Waals surface area contributed by atoms with Gasteiger partial charge in [0.1, 0.15) is 0 Å². The quantitative estimate of drug-likeness (QED) is 0.135. The van der Waals surface area contributed by atoms with Crippen LogP contribution in [-0.2, 0) is 6.42 Å². The fourth-order valence-electron chi connectivity index (χ4n) is 10.3.